The quantitative estimate of drug-likeness (QED) is 0.531. The predicted octanol–water partition coefficient (Wildman–Crippen LogP) is 4.61. The number of hydrogen-bond donors (Lipinski definition) is 1. The largest absolute Gasteiger partial charge is 0.308 e. The van der Waals surface area contributed by atoms with Crippen LogP contribution in [0.25, 0.3) is 11.3 Å². The van der Waals surface area contributed by atoms with Gasteiger partial charge in [-0.25, -0.2) is 18.7 Å². The monoisotopic (exact) mass is 511 g/mol. The number of benzene rings is 1. The van der Waals surface area contributed by atoms with Crippen molar-refractivity contribution >= 4 is 35.1 Å². The van der Waals surface area contributed by atoms with Gasteiger partial charge < -0.3 is 15.1 Å². The summed E-state index contributed by atoms with van der Waals surface area (Å²) in [6.07, 6.45) is 3.11. The Bertz CT molecular complexity index is 1280. The summed E-state index contributed by atoms with van der Waals surface area (Å²) >= 11 is 1.15. The van der Waals surface area contributed by atoms with Crippen LogP contribution in [0.1, 0.15) is 38.3 Å². The lowest BCUT2D eigenvalue weighted by molar-refractivity contribution is -0.116. The zero-order chi connectivity index (χ0) is 25.4. The van der Waals surface area contributed by atoms with Gasteiger partial charge in [0.2, 0.25) is 11.9 Å². The highest BCUT2D eigenvalue weighted by molar-refractivity contribution is 8.00. The highest BCUT2D eigenvalue weighted by Crippen LogP contribution is 2.41. The lowest BCUT2D eigenvalue weighted by Crippen LogP contribution is -2.40. The molecule has 2 aliphatic rings. The Balaban J connectivity index is 1.41. The first-order valence-corrected chi connectivity index (χ1v) is 12.9. The molecule has 1 fully saturated rings. The molecule has 0 radical (unpaired) electrons. The highest BCUT2D eigenvalue weighted by Gasteiger charge is 2.30. The first kappa shape index (κ1) is 24.5. The zero-order valence-corrected chi connectivity index (χ0v) is 21.1. The molecule has 1 amide bonds. The van der Waals surface area contributed by atoms with E-state index in [0.717, 1.165) is 49.6 Å². The van der Waals surface area contributed by atoms with E-state index in [2.05, 4.69) is 37.4 Å². The normalized spacial score (nSPS) is 16.9. The first-order valence-electron chi connectivity index (χ1n) is 11.9. The Hall–Kier alpha value is -3.18. The minimum absolute atomic E-state index is 0.0724. The van der Waals surface area contributed by atoms with Crippen LogP contribution < -0.4 is 10.2 Å². The van der Waals surface area contributed by atoms with Crippen LogP contribution in [0.15, 0.2) is 35.4 Å². The van der Waals surface area contributed by atoms with Crippen LogP contribution in [0.3, 0.4) is 0 Å². The molecule has 2 aliphatic heterocycles. The van der Waals surface area contributed by atoms with E-state index in [1.54, 1.807) is 12.1 Å². The molecule has 8 nitrogen and oxygen atoms in total. The number of amides is 1. The molecule has 0 unspecified atom stereocenters. The van der Waals surface area contributed by atoms with Crippen molar-refractivity contribution < 1.29 is 13.6 Å². The van der Waals surface area contributed by atoms with Crippen molar-refractivity contribution in [1.29, 1.82) is 0 Å². The van der Waals surface area contributed by atoms with Gasteiger partial charge in [0.1, 0.15) is 11.5 Å². The third kappa shape index (κ3) is 4.90. The van der Waals surface area contributed by atoms with E-state index in [4.69, 9.17) is 0 Å². The molecule has 0 aliphatic carbocycles. The molecule has 0 spiro atoms. The average Bonchev–Trinajstić information content (AvgIpc) is 2.85. The standard InChI is InChI=1S/C25H27F2N7OS/c1-14(2)34-20-11-16(10-17(26)24(20)36-13-22(34)35)23-18(27)12-28-25(30-23)29-21-5-4-19(31-32-21)15-6-8-33(3)9-7-15/h4-5,10-12,14-15H,6-9,13H2,1-3H3,(H,28,29,30,32). The number of fused-ring (bicyclic) bond motifs is 1. The molecule has 188 valence electrons. The SMILES string of the molecule is CC(C)N1C(=O)CSc2c(F)cc(-c3nc(Nc4ccc(C5CCN(C)CC5)nn4)ncc3F)cc21. The first-order chi connectivity index (χ1) is 17.3. The molecule has 0 saturated carbocycles. The van der Waals surface area contributed by atoms with Crippen molar-refractivity contribution in [3.05, 3.63) is 47.8 Å². The maximum atomic E-state index is 15.0. The highest BCUT2D eigenvalue weighted by atomic mass is 32.2. The maximum absolute atomic E-state index is 15.0. The Morgan fingerprint density at radius 1 is 1.11 bits per heavy atom. The number of halogens is 2. The molecule has 0 atom stereocenters. The number of nitrogens with one attached hydrogen (secondary N) is 1. The Morgan fingerprint density at radius 3 is 2.58 bits per heavy atom. The molecule has 36 heavy (non-hydrogen) atoms. The van der Waals surface area contributed by atoms with Gasteiger partial charge in [0.25, 0.3) is 0 Å². The van der Waals surface area contributed by atoms with Crippen LogP contribution >= 0.6 is 11.8 Å². The molecular formula is C25H27F2N7OS. The number of carbonyl (C=O) groups is 1. The Kier molecular flexibility index (Phi) is 6.85. The van der Waals surface area contributed by atoms with E-state index in [1.807, 2.05) is 19.9 Å². The smallest absolute Gasteiger partial charge is 0.237 e. The van der Waals surface area contributed by atoms with Crippen molar-refractivity contribution in [2.75, 3.05) is 36.1 Å². The van der Waals surface area contributed by atoms with Crippen molar-refractivity contribution in [3.8, 4) is 11.3 Å². The third-order valence-corrected chi connectivity index (χ3v) is 7.57. The minimum Gasteiger partial charge on any atom is -0.308 e. The summed E-state index contributed by atoms with van der Waals surface area (Å²) in [6.45, 7) is 5.77. The number of anilines is 3. The summed E-state index contributed by atoms with van der Waals surface area (Å²) in [5.41, 5.74) is 1.51. The molecule has 1 N–H and O–H groups in total. The zero-order valence-electron chi connectivity index (χ0n) is 20.3. The average molecular weight is 512 g/mol. The molecule has 1 saturated heterocycles. The number of hydrogen-bond acceptors (Lipinski definition) is 8. The van der Waals surface area contributed by atoms with Crippen LogP contribution in [-0.4, -0.2) is 62.9 Å². The van der Waals surface area contributed by atoms with Gasteiger partial charge in [-0.15, -0.1) is 16.9 Å². The number of thioether (sulfide) groups is 1. The van der Waals surface area contributed by atoms with Gasteiger partial charge >= 0.3 is 0 Å². The summed E-state index contributed by atoms with van der Waals surface area (Å²) in [4.78, 5) is 25.0. The van der Waals surface area contributed by atoms with Crippen molar-refractivity contribution in [3.63, 3.8) is 0 Å². The molecule has 4 heterocycles. The summed E-state index contributed by atoms with van der Waals surface area (Å²) in [5.74, 6) is -0.263. The van der Waals surface area contributed by atoms with E-state index in [0.29, 0.717) is 22.3 Å². The lowest BCUT2D eigenvalue weighted by atomic mass is 9.94. The van der Waals surface area contributed by atoms with Gasteiger partial charge in [0.05, 0.1) is 28.2 Å². The number of aromatic nitrogens is 4. The van der Waals surface area contributed by atoms with Crippen LogP contribution in [0.4, 0.5) is 26.2 Å². The second-order valence-electron chi connectivity index (χ2n) is 9.39. The van der Waals surface area contributed by atoms with Gasteiger partial charge in [-0.1, -0.05) is 0 Å². The number of carbonyl (C=O) groups excluding carboxylic acids is 1. The van der Waals surface area contributed by atoms with Gasteiger partial charge in [-0.2, -0.15) is 5.10 Å². The Morgan fingerprint density at radius 2 is 1.89 bits per heavy atom. The number of rotatable bonds is 5. The van der Waals surface area contributed by atoms with Crippen molar-refractivity contribution in [2.24, 2.45) is 0 Å². The van der Waals surface area contributed by atoms with Gasteiger partial charge in [-0.05, 0) is 71.1 Å². The summed E-state index contributed by atoms with van der Waals surface area (Å²) < 4.78 is 29.8. The van der Waals surface area contributed by atoms with Gasteiger partial charge in [0.15, 0.2) is 11.6 Å². The van der Waals surface area contributed by atoms with E-state index in [9.17, 15) is 9.18 Å². The summed E-state index contributed by atoms with van der Waals surface area (Å²) in [7, 11) is 2.11. The molecule has 11 heteroatoms. The summed E-state index contributed by atoms with van der Waals surface area (Å²) in [5, 5.41) is 11.6. The number of piperidine rings is 1. The molecule has 0 bridgehead atoms. The topological polar surface area (TPSA) is 87.1 Å². The molecular weight excluding hydrogens is 484 g/mol. The summed E-state index contributed by atoms with van der Waals surface area (Å²) in [6, 6.07) is 6.41. The number of likely N-dealkylation sites (tertiary alicyclic amines) is 1. The fourth-order valence-corrected chi connectivity index (χ4v) is 5.53. The predicted molar refractivity (Wildman–Crippen MR) is 136 cm³/mol. The second kappa shape index (κ2) is 10.1. The van der Waals surface area contributed by atoms with Gasteiger partial charge in [-0.3, -0.25) is 4.79 Å². The van der Waals surface area contributed by atoms with Crippen molar-refractivity contribution in [2.45, 2.75) is 43.5 Å². The fraction of sp³-hybridized carbons (Fsp3) is 0.400. The molecule has 5 rings (SSSR count). The van der Waals surface area contributed by atoms with Crippen molar-refractivity contribution in [1.82, 2.24) is 25.1 Å². The maximum Gasteiger partial charge on any atom is 0.237 e. The molecule has 3 aromatic rings. The third-order valence-electron chi connectivity index (χ3n) is 6.49. The Labute approximate surface area is 212 Å². The lowest BCUT2D eigenvalue weighted by Gasteiger charge is -2.32. The van der Waals surface area contributed by atoms with Crippen LogP contribution in [0.2, 0.25) is 0 Å². The van der Waals surface area contributed by atoms with E-state index < -0.39 is 11.6 Å². The van der Waals surface area contributed by atoms with E-state index in [1.165, 1.54) is 11.0 Å². The van der Waals surface area contributed by atoms with Gasteiger partial charge in [0, 0.05) is 17.5 Å². The van der Waals surface area contributed by atoms with Crippen LogP contribution in [0, 0.1) is 11.6 Å². The minimum atomic E-state index is -0.700. The van der Waals surface area contributed by atoms with E-state index in [-0.39, 0.29) is 34.9 Å². The van der Waals surface area contributed by atoms with E-state index >= 15 is 4.39 Å². The molecule has 2 aromatic heterocycles. The number of nitrogens with zero attached hydrogens (tertiary/aromatic N) is 6. The van der Waals surface area contributed by atoms with Crippen LogP contribution in [0.5, 0.6) is 0 Å². The fourth-order valence-electron chi connectivity index (χ4n) is 4.62. The molecule has 1 aromatic carbocycles. The second-order valence-corrected chi connectivity index (χ2v) is 10.4. The van der Waals surface area contributed by atoms with Crippen LogP contribution in [-0.2, 0) is 4.79 Å².